The summed E-state index contributed by atoms with van der Waals surface area (Å²) in [5.74, 6) is 0.0532. The molecule has 1 aliphatic rings. The molecule has 4 nitrogen and oxygen atoms in total. The zero-order valence-electron chi connectivity index (χ0n) is 10.7. The number of amides is 1. The summed E-state index contributed by atoms with van der Waals surface area (Å²) in [4.78, 5) is 13.8. The molecule has 4 heteroatoms. The van der Waals surface area contributed by atoms with Crippen LogP contribution in [-0.4, -0.2) is 43.8 Å². The van der Waals surface area contributed by atoms with Crippen molar-refractivity contribution in [2.45, 2.75) is 19.1 Å². The van der Waals surface area contributed by atoms with Gasteiger partial charge in [-0.3, -0.25) is 4.79 Å². The quantitative estimate of drug-likeness (QED) is 0.810. The molecular weight excluding hydrogens is 230 g/mol. The topological polar surface area (TPSA) is 38.8 Å². The molecule has 0 spiro atoms. The Kier molecular flexibility index (Phi) is 4.73. The molecule has 0 saturated carbocycles. The van der Waals surface area contributed by atoms with Crippen LogP contribution in [0, 0.1) is 0 Å². The summed E-state index contributed by atoms with van der Waals surface area (Å²) in [5.41, 5.74) is 1.15. The van der Waals surface area contributed by atoms with Gasteiger partial charge in [0.1, 0.15) is 6.61 Å². The van der Waals surface area contributed by atoms with Crippen molar-refractivity contribution in [1.82, 2.24) is 4.90 Å². The third-order valence-corrected chi connectivity index (χ3v) is 3.09. The van der Waals surface area contributed by atoms with E-state index in [1.165, 1.54) is 0 Å². The van der Waals surface area contributed by atoms with Gasteiger partial charge in [-0.05, 0) is 12.0 Å². The van der Waals surface area contributed by atoms with Gasteiger partial charge in [-0.25, -0.2) is 0 Å². The fourth-order valence-electron chi connectivity index (χ4n) is 2.08. The van der Waals surface area contributed by atoms with E-state index in [4.69, 9.17) is 9.47 Å². The van der Waals surface area contributed by atoms with Gasteiger partial charge in [0.25, 0.3) is 0 Å². The van der Waals surface area contributed by atoms with E-state index in [-0.39, 0.29) is 18.6 Å². The highest BCUT2D eigenvalue weighted by atomic mass is 16.5. The highest BCUT2D eigenvalue weighted by molar-refractivity contribution is 5.77. The van der Waals surface area contributed by atoms with E-state index >= 15 is 0 Å². The fraction of sp³-hybridized carbons (Fsp3) is 0.500. The second kappa shape index (κ2) is 6.52. The van der Waals surface area contributed by atoms with Crippen LogP contribution in [0.25, 0.3) is 0 Å². The molecule has 0 N–H and O–H groups in total. The minimum Gasteiger partial charge on any atom is -0.382 e. The molecule has 1 fully saturated rings. The Morgan fingerprint density at radius 1 is 1.39 bits per heavy atom. The SMILES string of the molecule is COC[C@@H]1CCN(Cc2ccccc2)C(=O)CO1. The number of rotatable bonds is 4. The lowest BCUT2D eigenvalue weighted by Crippen LogP contribution is -2.32. The summed E-state index contributed by atoms with van der Waals surface area (Å²) >= 11 is 0. The van der Waals surface area contributed by atoms with Crippen LogP contribution in [0.3, 0.4) is 0 Å². The molecule has 98 valence electrons. The zero-order valence-corrected chi connectivity index (χ0v) is 10.7. The Morgan fingerprint density at radius 3 is 2.89 bits per heavy atom. The average Bonchev–Trinajstić information content (AvgIpc) is 2.56. The average molecular weight is 249 g/mol. The van der Waals surface area contributed by atoms with E-state index in [0.717, 1.165) is 18.5 Å². The second-order valence-electron chi connectivity index (χ2n) is 4.48. The van der Waals surface area contributed by atoms with E-state index in [1.807, 2.05) is 35.2 Å². The molecular formula is C14H19NO3. The van der Waals surface area contributed by atoms with Crippen molar-refractivity contribution in [2.24, 2.45) is 0 Å². The second-order valence-corrected chi connectivity index (χ2v) is 4.48. The van der Waals surface area contributed by atoms with Crippen molar-refractivity contribution < 1.29 is 14.3 Å². The fourth-order valence-corrected chi connectivity index (χ4v) is 2.08. The molecule has 1 heterocycles. The number of benzene rings is 1. The lowest BCUT2D eigenvalue weighted by molar-refractivity contribution is -0.135. The highest BCUT2D eigenvalue weighted by Crippen LogP contribution is 2.12. The third-order valence-electron chi connectivity index (χ3n) is 3.09. The molecule has 1 saturated heterocycles. The van der Waals surface area contributed by atoms with Crippen LogP contribution >= 0.6 is 0 Å². The van der Waals surface area contributed by atoms with Gasteiger partial charge in [0.15, 0.2) is 0 Å². The van der Waals surface area contributed by atoms with Crippen molar-refractivity contribution >= 4 is 5.91 Å². The standard InChI is InChI=1S/C14H19NO3/c1-17-10-13-7-8-15(14(16)11-18-13)9-12-5-3-2-4-6-12/h2-6,13H,7-11H2,1H3/t13-/m0/s1. The summed E-state index contributed by atoms with van der Waals surface area (Å²) in [7, 11) is 1.65. The summed E-state index contributed by atoms with van der Waals surface area (Å²) in [6.07, 6.45) is 0.853. The molecule has 1 amide bonds. The van der Waals surface area contributed by atoms with E-state index in [1.54, 1.807) is 7.11 Å². The van der Waals surface area contributed by atoms with E-state index in [2.05, 4.69) is 0 Å². The van der Waals surface area contributed by atoms with Gasteiger partial charge < -0.3 is 14.4 Å². The summed E-state index contributed by atoms with van der Waals surface area (Å²) < 4.78 is 10.6. The number of carbonyl (C=O) groups excluding carboxylic acids is 1. The molecule has 0 radical (unpaired) electrons. The van der Waals surface area contributed by atoms with Crippen LogP contribution in [-0.2, 0) is 20.8 Å². The van der Waals surface area contributed by atoms with Gasteiger partial charge in [-0.2, -0.15) is 0 Å². The third kappa shape index (κ3) is 3.55. The summed E-state index contributed by atoms with van der Waals surface area (Å²) in [5, 5.41) is 0. The van der Waals surface area contributed by atoms with Gasteiger partial charge in [0.05, 0.1) is 12.7 Å². The number of methoxy groups -OCH3 is 1. The van der Waals surface area contributed by atoms with Crippen molar-refractivity contribution in [3.8, 4) is 0 Å². The van der Waals surface area contributed by atoms with E-state index < -0.39 is 0 Å². The molecule has 1 aromatic carbocycles. The Labute approximate surface area is 107 Å². The predicted octanol–water partition coefficient (Wildman–Crippen LogP) is 1.45. The van der Waals surface area contributed by atoms with Crippen LogP contribution in [0.4, 0.5) is 0 Å². The number of hydrogen-bond acceptors (Lipinski definition) is 3. The first kappa shape index (κ1) is 13.1. The van der Waals surface area contributed by atoms with Crippen molar-refractivity contribution in [3.05, 3.63) is 35.9 Å². The largest absolute Gasteiger partial charge is 0.382 e. The maximum Gasteiger partial charge on any atom is 0.248 e. The zero-order chi connectivity index (χ0) is 12.8. The minimum absolute atomic E-state index is 0.0275. The van der Waals surface area contributed by atoms with Crippen molar-refractivity contribution in [1.29, 1.82) is 0 Å². The molecule has 1 aromatic rings. The Hall–Kier alpha value is -1.39. The normalized spacial score (nSPS) is 20.8. The van der Waals surface area contributed by atoms with Gasteiger partial charge in [0, 0.05) is 20.2 Å². The number of carbonyl (C=O) groups is 1. The molecule has 18 heavy (non-hydrogen) atoms. The van der Waals surface area contributed by atoms with Crippen LogP contribution in [0.2, 0.25) is 0 Å². The first-order valence-electron chi connectivity index (χ1n) is 6.22. The van der Waals surface area contributed by atoms with Crippen LogP contribution in [0.5, 0.6) is 0 Å². The first-order chi connectivity index (χ1) is 8.79. The highest BCUT2D eigenvalue weighted by Gasteiger charge is 2.22. The molecule has 1 aliphatic heterocycles. The van der Waals surface area contributed by atoms with Crippen molar-refractivity contribution in [3.63, 3.8) is 0 Å². The first-order valence-corrected chi connectivity index (χ1v) is 6.22. The minimum atomic E-state index is 0.0275. The molecule has 0 unspecified atom stereocenters. The predicted molar refractivity (Wildman–Crippen MR) is 68.1 cm³/mol. The van der Waals surface area contributed by atoms with Crippen LogP contribution < -0.4 is 0 Å². The lowest BCUT2D eigenvalue weighted by atomic mass is 10.2. The molecule has 1 atom stereocenters. The van der Waals surface area contributed by atoms with Gasteiger partial charge in [-0.1, -0.05) is 30.3 Å². The molecule has 0 aromatic heterocycles. The molecule has 0 aliphatic carbocycles. The molecule has 2 rings (SSSR count). The van der Waals surface area contributed by atoms with E-state index in [9.17, 15) is 4.79 Å². The smallest absolute Gasteiger partial charge is 0.248 e. The lowest BCUT2D eigenvalue weighted by Gasteiger charge is -2.19. The Bertz CT molecular complexity index is 380. The Morgan fingerprint density at radius 2 is 2.17 bits per heavy atom. The van der Waals surface area contributed by atoms with E-state index in [0.29, 0.717) is 13.2 Å². The van der Waals surface area contributed by atoms with Crippen molar-refractivity contribution in [2.75, 3.05) is 26.9 Å². The number of nitrogens with zero attached hydrogens (tertiary/aromatic N) is 1. The van der Waals surface area contributed by atoms with Crippen LogP contribution in [0.15, 0.2) is 30.3 Å². The van der Waals surface area contributed by atoms with Gasteiger partial charge in [-0.15, -0.1) is 0 Å². The monoisotopic (exact) mass is 249 g/mol. The maximum atomic E-state index is 11.9. The molecule has 0 bridgehead atoms. The summed E-state index contributed by atoms with van der Waals surface area (Å²) in [6.45, 7) is 2.08. The van der Waals surface area contributed by atoms with Gasteiger partial charge >= 0.3 is 0 Å². The number of ether oxygens (including phenoxy) is 2. The Balaban J connectivity index is 1.94. The number of hydrogen-bond donors (Lipinski definition) is 0. The van der Waals surface area contributed by atoms with Crippen LogP contribution in [0.1, 0.15) is 12.0 Å². The van der Waals surface area contributed by atoms with Gasteiger partial charge in [0.2, 0.25) is 5.91 Å². The maximum absolute atomic E-state index is 11.9. The summed E-state index contributed by atoms with van der Waals surface area (Å²) in [6, 6.07) is 10.0.